The van der Waals surface area contributed by atoms with Crippen LogP contribution in [0.5, 0.6) is 0 Å². The topological polar surface area (TPSA) is 33.2 Å². The van der Waals surface area contributed by atoms with E-state index in [1.54, 1.807) is 29.3 Å². The van der Waals surface area contributed by atoms with E-state index in [0.29, 0.717) is 23.8 Å². The molecule has 2 rings (SSSR count). The molecule has 1 aromatic rings. The highest BCUT2D eigenvalue weighted by Crippen LogP contribution is 2.28. The molecule has 15 heavy (non-hydrogen) atoms. The predicted octanol–water partition coefficient (Wildman–Crippen LogP) is 2.27. The first kappa shape index (κ1) is 10.2. The van der Waals surface area contributed by atoms with Crippen LogP contribution < -0.4 is 4.90 Å². The van der Waals surface area contributed by atoms with Crippen LogP contribution in [0, 0.1) is 5.92 Å². The van der Waals surface area contributed by atoms with Crippen molar-refractivity contribution in [3.63, 3.8) is 0 Å². The number of aromatic nitrogens is 1. The minimum atomic E-state index is 0.0560. The van der Waals surface area contributed by atoms with Crippen molar-refractivity contribution in [2.24, 2.45) is 5.92 Å². The Balaban J connectivity index is 2.29. The Bertz CT molecular complexity index is 405. The number of pyridine rings is 1. The number of hydrogen-bond acceptors (Lipinski definition) is 2. The van der Waals surface area contributed by atoms with E-state index >= 15 is 0 Å². The first-order chi connectivity index (χ1) is 7.22. The lowest BCUT2D eigenvalue weighted by Gasteiger charge is -2.15. The third-order valence-corrected chi connectivity index (χ3v) is 2.78. The Morgan fingerprint density at radius 1 is 1.67 bits per heavy atom. The number of carbonyl (C=O) groups is 1. The quantitative estimate of drug-likeness (QED) is 0.720. The molecule has 1 aliphatic heterocycles. The van der Waals surface area contributed by atoms with Crippen LogP contribution in [0.1, 0.15) is 6.42 Å². The largest absolute Gasteiger partial charge is 0.295 e. The van der Waals surface area contributed by atoms with Gasteiger partial charge in [0.2, 0.25) is 5.91 Å². The number of anilines is 1. The van der Waals surface area contributed by atoms with Crippen molar-refractivity contribution in [2.75, 3.05) is 11.4 Å². The zero-order valence-electron chi connectivity index (χ0n) is 8.19. The van der Waals surface area contributed by atoms with E-state index in [1.165, 1.54) is 0 Å². The molecule has 1 aromatic heterocycles. The van der Waals surface area contributed by atoms with Crippen LogP contribution in [0.15, 0.2) is 31.0 Å². The van der Waals surface area contributed by atoms with Crippen molar-refractivity contribution >= 4 is 23.3 Å². The third kappa shape index (κ3) is 1.88. The van der Waals surface area contributed by atoms with Gasteiger partial charge < -0.3 is 0 Å². The summed E-state index contributed by atoms with van der Waals surface area (Å²) < 4.78 is 0. The van der Waals surface area contributed by atoms with Gasteiger partial charge in [0.15, 0.2) is 5.82 Å². The summed E-state index contributed by atoms with van der Waals surface area (Å²) in [6.07, 6.45) is 3.93. The number of rotatable bonds is 2. The first-order valence-electron chi connectivity index (χ1n) is 4.76. The Kier molecular flexibility index (Phi) is 2.73. The van der Waals surface area contributed by atoms with E-state index in [1.807, 2.05) is 0 Å². The standard InChI is InChI=1S/C11H11ClN2O/c1-2-8-6-10(15)14(7-8)11-9(12)4-3-5-13-11/h2-5,8H,1,6-7H2. The maximum Gasteiger partial charge on any atom is 0.228 e. The Morgan fingerprint density at radius 2 is 2.47 bits per heavy atom. The molecule has 0 saturated carbocycles. The monoisotopic (exact) mass is 222 g/mol. The second-order valence-corrected chi connectivity index (χ2v) is 3.92. The molecule has 1 fully saturated rings. The van der Waals surface area contributed by atoms with E-state index in [2.05, 4.69) is 11.6 Å². The van der Waals surface area contributed by atoms with Crippen LogP contribution in [0.3, 0.4) is 0 Å². The molecule has 1 aliphatic rings. The molecular weight excluding hydrogens is 212 g/mol. The van der Waals surface area contributed by atoms with Gasteiger partial charge in [-0.15, -0.1) is 6.58 Å². The molecular formula is C11H11ClN2O. The maximum atomic E-state index is 11.7. The van der Waals surface area contributed by atoms with Crippen molar-refractivity contribution in [3.05, 3.63) is 36.0 Å². The summed E-state index contributed by atoms with van der Waals surface area (Å²) in [5, 5.41) is 0.510. The van der Waals surface area contributed by atoms with Crippen LogP contribution in [0.25, 0.3) is 0 Å². The highest BCUT2D eigenvalue weighted by Gasteiger charge is 2.30. The Labute approximate surface area is 93.4 Å². The van der Waals surface area contributed by atoms with Gasteiger partial charge in [-0.1, -0.05) is 17.7 Å². The molecule has 1 unspecified atom stereocenters. The molecule has 0 aromatic carbocycles. The molecule has 0 aliphatic carbocycles. The zero-order chi connectivity index (χ0) is 10.8. The number of halogens is 1. The molecule has 4 heteroatoms. The SMILES string of the molecule is C=CC1CC(=O)N(c2ncccc2Cl)C1. The van der Waals surface area contributed by atoms with Gasteiger partial charge in [-0.25, -0.2) is 4.98 Å². The second-order valence-electron chi connectivity index (χ2n) is 3.51. The minimum Gasteiger partial charge on any atom is -0.295 e. The highest BCUT2D eigenvalue weighted by molar-refractivity contribution is 6.33. The van der Waals surface area contributed by atoms with Crippen molar-refractivity contribution in [1.82, 2.24) is 4.98 Å². The lowest BCUT2D eigenvalue weighted by molar-refractivity contribution is -0.117. The summed E-state index contributed by atoms with van der Waals surface area (Å²) in [7, 11) is 0. The van der Waals surface area contributed by atoms with E-state index < -0.39 is 0 Å². The number of hydrogen-bond donors (Lipinski definition) is 0. The third-order valence-electron chi connectivity index (χ3n) is 2.48. The summed E-state index contributed by atoms with van der Waals surface area (Å²) in [4.78, 5) is 17.4. The summed E-state index contributed by atoms with van der Waals surface area (Å²) in [6, 6.07) is 3.48. The van der Waals surface area contributed by atoms with Gasteiger partial charge in [-0.05, 0) is 12.1 Å². The highest BCUT2D eigenvalue weighted by atomic mass is 35.5. The van der Waals surface area contributed by atoms with E-state index in [0.717, 1.165) is 0 Å². The van der Waals surface area contributed by atoms with Gasteiger partial charge in [0.05, 0.1) is 5.02 Å². The molecule has 1 atom stereocenters. The zero-order valence-corrected chi connectivity index (χ0v) is 8.94. The van der Waals surface area contributed by atoms with Crippen LogP contribution in [0.2, 0.25) is 5.02 Å². The van der Waals surface area contributed by atoms with Crippen molar-refractivity contribution < 1.29 is 4.79 Å². The van der Waals surface area contributed by atoms with Gasteiger partial charge >= 0.3 is 0 Å². The van der Waals surface area contributed by atoms with Gasteiger partial charge in [0.25, 0.3) is 0 Å². The molecule has 0 bridgehead atoms. The predicted molar refractivity (Wildman–Crippen MR) is 59.9 cm³/mol. The van der Waals surface area contributed by atoms with Gasteiger partial charge in [-0.2, -0.15) is 0 Å². The van der Waals surface area contributed by atoms with Crippen LogP contribution in [-0.2, 0) is 4.79 Å². The van der Waals surface area contributed by atoms with E-state index in [-0.39, 0.29) is 11.8 Å². The number of nitrogens with zero attached hydrogens (tertiary/aromatic N) is 2. The van der Waals surface area contributed by atoms with E-state index in [9.17, 15) is 4.79 Å². The average molecular weight is 223 g/mol. The lowest BCUT2D eigenvalue weighted by Crippen LogP contribution is -2.25. The summed E-state index contributed by atoms with van der Waals surface area (Å²) in [5.41, 5.74) is 0. The van der Waals surface area contributed by atoms with Crippen LogP contribution >= 0.6 is 11.6 Å². The van der Waals surface area contributed by atoms with Gasteiger partial charge in [0, 0.05) is 25.1 Å². The maximum absolute atomic E-state index is 11.7. The molecule has 1 amide bonds. The fraction of sp³-hybridized carbons (Fsp3) is 0.273. The fourth-order valence-corrected chi connectivity index (χ4v) is 1.90. The molecule has 78 valence electrons. The second kappa shape index (κ2) is 4.03. The van der Waals surface area contributed by atoms with Crippen molar-refractivity contribution in [3.8, 4) is 0 Å². The molecule has 0 radical (unpaired) electrons. The minimum absolute atomic E-state index is 0.0560. The number of carbonyl (C=O) groups excluding carboxylic acids is 1. The molecule has 3 nitrogen and oxygen atoms in total. The molecule has 0 spiro atoms. The van der Waals surface area contributed by atoms with E-state index in [4.69, 9.17) is 11.6 Å². The van der Waals surface area contributed by atoms with Crippen LogP contribution in [-0.4, -0.2) is 17.4 Å². The lowest BCUT2D eigenvalue weighted by atomic mass is 10.1. The average Bonchev–Trinajstić information content (AvgIpc) is 2.60. The summed E-state index contributed by atoms with van der Waals surface area (Å²) in [6.45, 7) is 4.32. The summed E-state index contributed by atoms with van der Waals surface area (Å²) in [5.74, 6) is 0.810. The smallest absolute Gasteiger partial charge is 0.228 e. The van der Waals surface area contributed by atoms with Gasteiger partial charge in [-0.3, -0.25) is 9.69 Å². The molecule has 2 heterocycles. The van der Waals surface area contributed by atoms with Gasteiger partial charge in [0.1, 0.15) is 0 Å². The number of amides is 1. The summed E-state index contributed by atoms with van der Waals surface area (Å²) >= 11 is 5.98. The van der Waals surface area contributed by atoms with Crippen molar-refractivity contribution in [2.45, 2.75) is 6.42 Å². The normalized spacial score (nSPS) is 20.7. The molecule has 0 N–H and O–H groups in total. The first-order valence-corrected chi connectivity index (χ1v) is 5.13. The fourth-order valence-electron chi connectivity index (χ4n) is 1.67. The van der Waals surface area contributed by atoms with Crippen LogP contribution in [0.4, 0.5) is 5.82 Å². The molecule has 1 saturated heterocycles. The Hall–Kier alpha value is -1.35. The Morgan fingerprint density at radius 3 is 3.07 bits per heavy atom. The van der Waals surface area contributed by atoms with Crippen molar-refractivity contribution in [1.29, 1.82) is 0 Å².